The topological polar surface area (TPSA) is 197 Å². The quantitative estimate of drug-likeness (QED) is 0.0590. The Morgan fingerprint density at radius 3 is 1.71 bits per heavy atom. The van der Waals surface area contributed by atoms with Crippen LogP contribution in [-0.4, -0.2) is 99.2 Å². The number of carbonyl (C=O) groups excluding carboxylic acids is 6. The number of rotatable bonds is 24. The van der Waals surface area contributed by atoms with Crippen molar-refractivity contribution in [2.24, 2.45) is 41.4 Å². The summed E-state index contributed by atoms with van der Waals surface area (Å²) in [6.45, 7) is 22.3. The molecule has 1 aliphatic rings. The van der Waals surface area contributed by atoms with Crippen LogP contribution in [0.5, 0.6) is 0 Å². The van der Waals surface area contributed by atoms with Gasteiger partial charge in [-0.3, -0.25) is 24.0 Å². The van der Waals surface area contributed by atoms with Gasteiger partial charge in [-0.2, -0.15) is 0 Å². The van der Waals surface area contributed by atoms with Gasteiger partial charge in [0.25, 0.3) is 5.91 Å². The average Bonchev–Trinajstić information content (AvgIpc) is 3.14. The van der Waals surface area contributed by atoms with Crippen LogP contribution in [0.2, 0.25) is 0 Å². The standard InChI is InChI=1S/C41H74N4O11/c1-14-28(22-43-41(51)56-34-26(11)25(10)33(18-5)55-40(34)52-13)21-32(30(16-3)37(48)45-24(8)9)39(50)54-27(12)35(46)42-19-20-53-38(49)31(17-4)29(15-2)36(47)44-23(6)7/h23-34,40H,14-22H2,1-13H3,(H,42,46)(H,43,51)(H,44,47)(H,45,48). The van der Waals surface area contributed by atoms with Crippen LogP contribution in [0.25, 0.3) is 0 Å². The highest BCUT2D eigenvalue weighted by molar-refractivity contribution is 5.88. The predicted octanol–water partition coefficient (Wildman–Crippen LogP) is 4.89. The van der Waals surface area contributed by atoms with Gasteiger partial charge >= 0.3 is 18.0 Å². The molecule has 1 saturated heterocycles. The van der Waals surface area contributed by atoms with Crippen molar-refractivity contribution in [3.63, 3.8) is 0 Å². The maximum absolute atomic E-state index is 13.8. The molecule has 0 aromatic carbocycles. The zero-order valence-electron chi connectivity index (χ0n) is 36.4. The predicted molar refractivity (Wildman–Crippen MR) is 212 cm³/mol. The Morgan fingerprint density at radius 2 is 1.23 bits per heavy atom. The molecular weight excluding hydrogens is 724 g/mol. The molecule has 0 aromatic rings. The van der Waals surface area contributed by atoms with Gasteiger partial charge in [0.05, 0.1) is 36.3 Å². The molecule has 56 heavy (non-hydrogen) atoms. The summed E-state index contributed by atoms with van der Waals surface area (Å²) in [5.74, 6) is -5.29. The third-order valence-electron chi connectivity index (χ3n) is 10.8. The third kappa shape index (κ3) is 15.8. The summed E-state index contributed by atoms with van der Waals surface area (Å²) in [5, 5.41) is 11.2. The van der Waals surface area contributed by atoms with Gasteiger partial charge in [0, 0.05) is 31.7 Å². The number of hydrogen-bond donors (Lipinski definition) is 4. The SMILES string of the molecule is CCC(CNC(=O)OC1C(OC)OC(CC)C(C)C1C)CC(C(=O)OC(C)C(=O)NCCOC(=O)C(CC)C(CC)C(=O)NC(C)C)C(CC)C(=O)NC(C)C. The molecule has 1 rings (SSSR count). The van der Waals surface area contributed by atoms with Crippen LogP contribution < -0.4 is 21.3 Å². The molecule has 4 amide bonds. The van der Waals surface area contributed by atoms with Crippen LogP contribution in [-0.2, 0) is 47.7 Å². The third-order valence-corrected chi connectivity index (χ3v) is 10.8. The van der Waals surface area contributed by atoms with Crippen LogP contribution in [0.4, 0.5) is 4.79 Å². The smallest absolute Gasteiger partial charge is 0.407 e. The number of ether oxygens (including phenoxy) is 5. The molecule has 0 radical (unpaired) electrons. The number of amides is 4. The number of esters is 2. The Labute approximate surface area is 335 Å². The highest BCUT2D eigenvalue weighted by Gasteiger charge is 2.44. The highest BCUT2D eigenvalue weighted by atomic mass is 16.7. The van der Waals surface area contributed by atoms with Crippen molar-refractivity contribution in [3.05, 3.63) is 0 Å². The first kappa shape index (κ1) is 50.6. The Kier molecular flexibility index (Phi) is 23.2. The van der Waals surface area contributed by atoms with E-state index < -0.39 is 66.1 Å². The molecule has 0 spiro atoms. The maximum Gasteiger partial charge on any atom is 0.407 e. The van der Waals surface area contributed by atoms with E-state index in [-0.39, 0.29) is 73.9 Å². The fourth-order valence-electron chi connectivity index (χ4n) is 7.25. The Hall–Kier alpha value is -3.46. The average molecular weight is 799 g/mol. The lowest BCUT2D eigenvalue weighted by molar-refractivity contribution is -0.260. The van der Waals surface area contributed by atoms with Crippen LogP contribution >= 0.6 is 0 Å². The van der Waals surface area contributed by atoms with Crippen molar-refractivity contribution in [1.82, 2.24) is 21.3 Å². The lowest BCUT2D eigenvalue weighted by Crippen LogP contribution is -2.52. The van der Waals surface area contributed by atoms with Crippen molar-refractivity contribution in [2.45, 2.75) is 158 Å². The van der Waals surface area contributed by atoms with Gasteiger partial charge in [-0.05, 0) is 78.6 Å². The molecule has 0 aromatic heterocycles. The first-order valence-corrected chi connectivity index (χ1v) is 20.8. The second kappa shape index (κ2) is 25.7. The second-order valence-corrected chi connectivity index (χ2v) is 15.7. The van der Waals surface area contributed by atoms with Crippen molar-refractivity contribution in [1.29, 1.82) is 0 Å². The molecule has 0 aliphatic carbocycles. The largest absolute Gasteiger partial charge is 0.464 e. The van der Waals surface area contributed by atoms with E-state index in [1.54, 1.807) is 0 Å². The van der Waals surface area contributed by atoms with Crippen LogP contribution in [0.15, 0.2) is 0 Å². The molecule has 11 atom stereocenters. The van der Waals surface area contributed by atoms with Crippen molar-refractivity contribution < 1.29 is 52.5 Å². The van der Waals surface area contributed by atoms with E-state index in [1.807, 2.05) is 69.2 Å². The zero-order chi connectivity index (χ0) is 42.7. The molecule has 1 heterocycles. The molecule has 324 valence electrons. The molecule has 15 nitrogen and oxygen atoms in total. The van der Waals surface area contributed by atoms with Gasteiger partial charge in [-0.1, -0.05) is 54.9 Å². The van der Waals surface area contributed by atoms with E-state index in [9.17, 15) is 28.8 Å². The van der Waals surface area contributed by atoms with Gasteiger partial charge < -0.3 is 45.0 Å². The lowest BCUT2D eigenvalue weighted by Gasteiger charge is -2.43. The molecule has 1 fully saturated rings. The molecule has 15 heteroatoms. The molecule has 11 unspecified atom stereocenters. The summed E-state index contributed by atoms with van der Waals surface area (Å²) in [6, 6.07) is -0.229. The van der Waals surface area contributed by atoms with Crippen molar-refractivity contribution in [3.8, 4) is 0 Å². The van der Waals surface area contributed by atoms with Gasteiger partial charge in [-0.25, -0.2) is 4.79 Å². The molecule has 0 bridgehead atoms. The summed E-state index contributed by atoms with van der Waals surface area (Å²) in [7, 11) is 1.52. The van der Waals surface area contributed by atoms with E-state index in [0.717, 1.165) is 6.42 Å². The van der Waals surface area contributed by atoms with E-state index >= 15 is 0 Å². The van der Waals surface area contributed by atoms with E-state index in [2.05, 4.69) is 28.2 Å². The minimum atomic E-state index is -1.21. The Balaban J connectivity index is 2.95. The van der Waals surface area contributed by atoms with Crippen LogP contribution in [0.3, 0.4) is 0 Å². The summed E-state index contributed by atoms with van der Waals surface area (Å²) in [4.78, 5) is 78.7. The maximum atomic E-state index is 13.8. The number of nitrogens with one attached hydrogen (secondary N) is 4. The summed E-state index contributed by atoms with van der Waals surface area (Å²) < 4.78 is 28.5. The van der Waals surface area contributed by atoms with Gasteiger partial charge in [0.15, 0.2) is 18.5 Å². The Morgan fingerprint density at radius 1 is 0.679 bits per heavy atom. The number of methoxy groups -OCH3 is 1. The van der Waals surface area contributed by atoms with Crippen molar-refractivity contribution >= 4 is 35.8 Å². The van der Waals surface area contributed by atoms with Crippen LogP contribution in [0.1, 0.15) is 122 Å². The zero-order valence-corrected chi connectivity index (χ0v) is 36.4. The van der Waals surface area contributed by atoms with E-state index in [1.165, 1.54) is 14.0 Å². The molecule has 1 aliphatic heterocycles. The minimum absolute atomic E-state index is 0.0133. The summed E-state index contributed by atoms with van der Waals surface area (Å²) in [5.41, 5.74) is 0. The summed E-state index contributed by atoms with van der Waals surface area (Å²) in [6.07, 6.45) is -0.382. The molecule has 0 saturated carbocycles. The number of alkyl carbamates (subject to hydrolysis) is 1. The van der Waals surface area contributed by atoms with Gasteiger partial charge in [0.2, 0.25) is 11.8 Å². The first-order valence-electron chi connectivity index (χ1n) is 20.8. The van der Waals surface area contributed by atoms with Gasteiger partial charge in [0.1, 0.15) is 6.61 Å². The highest BCUT2D eigenvalue weighted by Crippen LogP contribution is 2.34. The van der Waals surface area contributed by atoms with E-state index in [4.69, 9.17) is 23.7 Å². The summed E-state index contributed by atoms with van der Waals surface area (Å²) >= 11 is 0. The van der Waals surface area contributed by atoms with Crippen LogP contribution in [0, 0.1) is 41.4 Å². The number of hydrogen-bond acceptors (Lipinski definition) is 11. The van der Waals surface area contributed by atoms with E-state index in [0.29, 0.717) is 25.7 Å². The fraction of sp³-hybridized carbons (Fsp3) is 0.854. The monoisotopic (exact) mass is 799 g/mol. The number of carbonyl (C=O) groups is 6. The normalized spacial score (nSPS) is 22.8. The van der Waals surface area contributed by atoms with Crippen molar-refractivity contribution in [2.75, 3.05) is 26.8 Å². The minimum Gasteiger partial charge on any atom is -0.464 e. The molecular formula is C41H74N4O11. The lowest BCUT2D eigenvalue weighted by atomic mass is 9.81. The fourth-order valence-corrected chi connectivity index (χ4v) is 7.25. The molecule has 4 N–H and O–H groups in total. The second-order valence-electron chi connectivity index (χ2n) is 15.7. The Bertz CT molecular complexity index is 1250. The first-order chi connectivity index (χ1) is 26.4. The van der Waals surface area contributed by atoms with Gasteiger partial charge in [-0.15, -0.1) is 0 Å².